The van der Waals surface area contributed by atoms with Gasteiger partial charge in [-0.15, -0.1) is 0 Å². The Hall–Kier alpha value is -2.14. The van der Waals surface area contributed by atoms with Gasteiger partial charge in [0, 0.05) is 5.41 Å². The third kappa shape index (κ3) is 4.69. The van der Waals surface area contributed by atoms with Crippen molar-refractivity contribution in [3.63, 3.8) is 0 Å². The van der Waals surface area contributed by atoms with Gasteiger partial charge in [-0.3, -0.25) is 4.79 Å². The number of aliphatic hydroxyl groups is 1. The van der Waals surface area contributed by atoms with Crippen LogP contribution >= 0.6 is 0 Å². The van der Waals surface area contributed by atoms with E-state index in [1.165, 1.54) is 38.1 Å². The van der Waals surface area contributed by atoms with E-state index in [-0.39, 0.29) is 12.0 Å². The lowest BCUT2D eigenvalue weighted by Gasteiger charge is -2.32. The first-order valence-electron chi connectivity index (χ1n) is 8.01. The highest BCUT2D eigenvalue weighted by Gasteiger charge is 2.53. The number of aliphatic hydroxyl groups excluding tert-OH is 1. The Morgan fingerprint density at radius 2 is 1.44 bits per heavy atom. The lowest BCUT2D eigenvalue weighted by atomic mass is 9.74. The molecule has 1 N–H and O–H groups in total. The van der Waals surface area contributed by atoms with E-state index in [1.54, 1.807) is 36.4 Å². The highest BCUT2D eigenvalue weighted by atomic mass is 19.4. The first kappa shape index (κ1) is 19.2. The standard InChI is InChI=1S/C20H21F3O2/c1-19(2,13-14-9-5-3-6-10-14)18(25)16(20(21,22)23)17(24)15-11-7-4-8-12-15/h3-12,16-17,24H,13H2,1-2H3/t16-,17-/m1/s1. The van der Waals surface area contributed by atoms with Gasteiger partial charge in [-0.1, -0.05) is 74.5 Å². The number of halogens is 3. The van der Waals surface area contributed by atoms with Crippen LogP contribution in [0.3, 0.4) is 0 Å². The van der Waals surface area contributed by atoms with Gasteiger partial charge in [-0.05, 0) is 17.5 Å². The molecule has 0 unspecified atom stereocenters. The molecule has 2 aromatic carbocycles. The first-order chi connectivity index (χ1) is 11.6. The number of hydrogen-bond acceptors (Lipinski definition) is 2. The van der Waals surface area contributed by atoms with Crippen LogP contribution in [0.1, 0.15) is 31.1 Å². The van der Waals surface area contributed by atoms with Crippen LogP contribution in [0.2, 0.25) is 0 Å². The average molecular weight is 350 g/mol. The Bertz CT molecular complexity index is 694. The van der Waals surface area contributed by atoms with Gasteiger partial charge in [0.25, 0.3) is 0 Å². The number of carbonyl (C=O) groups is 1. The van der Waals surface area contributed by atoms with E-state index >= 15 is 0 Å². The first-order valence-corrected chi connectivity index (χ1v) is 8.01. The molecule has 0 aliphatic carbocycles. The molecule has 2 aromatic rings. The van der Waals surface area contributed by atoms with Crippen molar-refractivity contribution in [2.45, 2.75) is 32.5 Å². The minimum absolute atomic E-state index is 0.0775. The fourth-order valence-corrected chi connectivity index (χ4v) is 2.93. The van der Waals surface area contributed by atoms with Gasteiger partial charge in [-0.25, -0.2) is 0 Å². The minimum atomic E-state index is -4.83. The summed E-state index contributed by atoms with van der Waals surface area (Å²) in [5, 5.41) is 10.3. The Morgan fingerprint density at radius 1 is 0.960 bits per heavy atom. The Kier molecular flexibility index (Phi) is 5.68. The molecule has 5 heteroatoms. The third-order valence-corrected chi connectivity index (χ3v) is 4.25. The van der Waals surface area contributed by atoms with Crippen LogP contribution < -0.4 is 0 Å². The largest absolute Gasteiger partial charge is 0.401 e. The summed E-state index contributed by atoms with van der Waals surface area (Å²) in [6.45, 7) is 2.97. The molecule has 0 spiro atoms. The van der Waals surface area contributed by atoms with Crippen molar-refractivity contribution in [2.24, 2.45) is 11.3 Å². The fourth-order valence-electron chi connectivity index (χ4n) is 2.93. The van der Waals surface area contributed by atoms with Gasteiger partial charge >= 0.3 is 6.18 Å². The molecule has 0 saturated carbocycles. The van der Waals surface area contributed by atoms with Crippen molar-refractivity contribution in [3.05, 3.63) is 71.8 Å². The van der Waals surface area contributed by atoms with Crippen molar-refractivity contribution in [3.8, 4) is 0 Å². The average Bonchev–Trinajstić information content (AvgIpc) is 2.55. The van der Waals surface area contributed by atoms with Crippen LogP contribution in [0.5, 0.6) is 0 Å². The van der Waals surface area contributed by atoms with E-state index in [0.29, 0.717) is 0 Å². The maximum absolute atomic E-state index is 13.6. The highest BCUT2D eigenvalue weighted by Crippen LogP contribution is 2.41. The van der Waals surface area contributed by atoms with Gasteiger partial charge in [0.2, 0.25) is 0 Å². The van der Waals surface area contributed by atoms with Crippen LogP contribution in [0.4, 0.5) is 13.2 Å². The molecule has 0 radical (unpaired) electrons. The number of hydrogen-bond donors (Lipinski definition) is 1. The number of rotatable bonds is 6. The van der Waals surface area contributed by atoms with E-state index in [0.717, 1.165) is 5.56 Å². The molecular formula is C20H21F3O2. The van der Waals surface area contributed by atoms with E-state index in [4.69, 9.17) is 0 Å². The summed E-state index contributed by atoms with van der Waals surface area (Å²) in [5.41, 5.74) is -0.415. The molecule has 0 saturated heterocycles. The van der Waals surface area contributed by atoms with Gasteiger partial charge in [0.1, 0.15) is 5.92 Å². The summed E-state index contributed by atoms with van der Waals surface area (Å²) in [4.78, 5) is 12.8. The van der Waals surface area contributed by atoms with E-state index in [1.807, 2.05) is 0 Å². The summed E-state index contributed by atoms with van der Waals surface area (Å²) in [6.07, 6.45) is -6.59. The van der Waals surface area contributed by atoms with Crippen molar-refractivity contribution >= 4 is 5.78 Å². The van der Waals surface area contributed by atoms with Crippen LogP contribution in [0.15, 0.2) is 60.7 Å². The number of Topliss-reactive ketones (excluding diaryl/α,β-unsaturated/α-hetero) is 1. The maximum atomic E-state index is 13.6. The molecule has 0 amide bonds. The van der Waals surface area contributed by atoms with E-state index in [9.17, 15) is 23.1 Å². The lowest BCUT2D eigenvalue weighted by Crippen LogP contribution is -2.43. The fraction of sp³-hybridized carbons (Fsp3) is 0.350. The second-order valence-electron chi connectivity index (χ2n) is 6.79. The number of alkyl halides is 3. The van der Waals surface area contributed by atoms with Crippen LogP contribution in [-0.4, -0.2) is 17.1 Å². The van der Waals surface area contributed by atoms with Gasteiger partial charge in [-0.2, -0.15) is 13.2 Å². The molecule has 2 nitrogen and oxygen atoms in total. The van der Waals surface area contributed by atoms with E-state index < -0.39 is 29.4 Å². The monoisotopic (exact) mass is 350 g/mol. The summed E-state index contributed by atoms with van der Waals surface area (Å²) < 4.78 is 40.8. The molecule has 0 aromatic heterocycles. The van der Waals surface area contributed by atoms with Gasteiger partial charge < -0.3 is 5.11 Å². The predicted octanol–water partition coefficient (Wildman–Crippen LogP) is 4.74. The second-order valence-corrected chi connectivity index (χ2v) is 6.79. The van der Waals surface area contributed by atoms with Gasteiger partial charge in [0.15, 0.2) is 5.78 Å². The van der Waals surface area contributed by atoms with Crippen LogP contribution in [0, 0.1) is 11.3 Å². The third-order valence-electron chi connectivity index (χ3n) is 4.25. The minimum Gasteiger partial charge on any atom is -0.387 e. The summed E-state index contributed by atoms with van der Waals surface area (Å²) >= 11 is 0. The Balaban J connectivity index is 2.32. The SMILES string of the molecule is CC(C)(Cc1ccccc1)C(=O)[C@@H]([C@H](O)c1ccccc1)C(F)(F)F. The summed E-state index contributed by atoms with van der Waals surface area (Å²) in [5.74, 6) is -3.48. The highest BCUT2D eigenvalue weighted by molar-refractivity contribution is 5.88. The molecule has 2 rings (SSSR count). The molecule has 134 valence electrons. The normalized spacial score (nSPS) is 14.8. The summed E-state index contributed by atoms with van der Waals surface area (Å²) in [6, 6.07) is 16.4. The zero-order chi connectivity index (χ0) is 18.7. The van der Waals surface area contributed by atoms with Crippen molar-refractivity contribution < 1.29 is 23.1 Å². The molecule has 0 bridgehead atoms. The molecule has 25 heavy (non-hydrogen) atoms. The number of benzene rings is 2. The van der Waals surface area contributed by atoms with Gasteiger partial charge in [0.05, 0.1) is 6.10 Å². The zero-order valence-corrected chi connectivity index (χ0v) is 14.1. The molecule has 0 fully saturated rings. The Morgan fingerprint density at radius 3 is 1.92 bits per heavy atom. The second kappa shape index (κ2) is 7.40. The molecule has 0 aliphatic rings. The molecule has 0 aliphatic heterocycles. The van der Waals surface area contributed by atoms with Crippen molar-refractivity contribution in [2.75, 3.05) is 0 Å². The maximum Gasteiger partial charge on any atom is 0.401 e. The number of carbonyl (C=O) groups excluding carboxylic acids is 1. The lowest BCUT2D eigenvalue weighted by molar-refractivity contribution is -0.206. The van der Waals surface area contributed by atoms with Crippen LogP contribution in [-0.2, 0) is 11.2 Å². The molecular weight excluding hydrogens is 329 g/mol. The van der Waals surface area contributed by atoms with Crippen molar-refractivity contribution in [1.82, 2.24) is 0 Å². The van der Waals surface area contributed by atoms with Crippen molar-refractivity contribution in [1.29, 1.82) is 0 Å². The topological polar surface area (TPSA) is 37.3 Å². The van der Waals surface area contributed by atoms with Crippen LogP contribution in [0.25, 0.3) is 0 Å². The summed E-state index contributed by atoms with van der Waals surface area (Å²) in [7, 11) is 0. The van der Waals surface area contributed by atoms with E-state index in [2.05, 4.69) is 0 Å². The smallest absolute Gasteiger partial charge is 0.387 e. The molecule has 2 atom stereocenters. The quantitative estimate of drug-likeness (QED) is 0.817. The Labute approximate surface area is 145 Å². The molecule has 0 heterocycles. The number of ketones is 1. The zero-order valence-electron chi connectivity index (χ0n) is 14.1. The predicted molar refractivity (Wildman–Crippen MR) is 89.9 cm³/mol.